The van der Waals surface area contributed by atoms with Crippen LogP contribution in [0.4, 0.5) is 0 Å². The largest absolute Gasteiger partial charge is 0.469 e. The van der Waals surface area contributed by atoms with E-state index in [1.54, 1.807) is 18.0 Å². The first kappa shape index (κ1) is 8.88. The van der Waals surface area contributed by atoms with Crippen LogP contribution in [-0.2, 0) is 11.2 Å². The van der Waals surface area contributed by atoms with Gasteiger partial charge in [0, 0.05) is 6.42 Å². The Bertz CT molecular complexity index is 273. The molecular weight excluding hydrogens is 184 g/mol. The van der Waals surface area contributed by atoms with Crippen molar-refractivity contribution in [2.75, 3.05) is 5.75 Å². The van der Waals surface area contributed by atoms with Crippen LogP contribution in [0.15, 0.2) is 22.8 Å². The van der Waals surface area contributed by atoms with Crippen LogP contribution in [0.3, 0.4) is 0 Å². The maximum Gasteiger partial charge on any atom is 0.136 e. The van der Waals surface area contributed by atoms with E-state index in [0.29, 0.717) is 0 Å². The van der Waals surface area contributed by atoms with E-state index in [1.807, 2.05) is 12.1 Å². The lowest BCUT2D eigenvalue weighted by Gasteiger charge is -2.18. The molecule has 1 aliphatic heterocycles. The molecule has 0 aromatic carbocycles. The second kappa shape index (κ2) is 3.58. The highest BCUT2D eigenvalue weighted by Crippen LogP contribution is 2.39. The van der Waals surface area contributed by atoms with Gasteiger partial charge in [0.2, 0.25) is 0 Å². The molecule has 0 spiro atoms. The molecule has 70 valence electrons. The molecule has 1 aromatic rings. The fraction of sp³-hybridized carbons (Fsp3) is 0.500. The van der Waals surface area contributed by atoms with Gasteiger partial charge < -0.3 is 9.21 Å². The summed E-state index contributed by atoms with van der Waals surface area (Å²) in [6, 6.07) is 3.80. The Hall–Kier alpha value is -0.700. The van der Waals surface area contributed by atoms with Crippen LogP contribution in [0.1, 0.15) is 18.6 Å². The lowest BCUT2D eigenvalue weighted by molar-refractivity contribution is -0.109. The van der Waals surface area contributed by atoms with E-state index in [1.165, 1.54) is 0 Å². The molecule has 0 amide bonds. The standard InChI is InChI=1S/C10H12O2S/c11-8-10(4-2-6-13-10)7-9-3-1-5-12-9/h1,3,5,8H,2,4,6-7H2. The van der Waals surface area contributed by atoms with Gasteiger partial charge in [0.1, 0.15) is 12.0 Å². The van der Waals surface area contributed by atoms with Gasteiger partial charge in [-0.1, -0.05) is 0 Å². The van der Waals surface area contributed by atoms with Crippen LogP contribution in [0.2, 0.25) is 0 Å². The summed E-state index contributed by atoms with van der Waals surface area (Å²) in [7, 11) is 0. The van der Waals surface area contributed by atoms with E-state index < -0.39 is 0 Å². The number of carbonyl (C=O) groups is 1. The molecule has 13 heavy (non-hydrogen) atoms. The van der Waals surface area contributed by atoms with Gasteiger partial charge in [0.25, 0.3) is 0 Å². The highest BCUT2D eigenvalue weighted by molar-refractivity contribution is 8.01. The Morgan fingerprint density at radius 1 is 1.69 bits per heavy atom. The van der Waals surface area contributed by atoms with Gasteiger partial charge in [0.05, 0.1) is 11.0 Å². The Kier molecular flexibility index (Phi) is 2.44. The topological polar surface area (TPSA) is 30.2 Å². The molecule has 0 N–H and O–H groups in total. The van der Waals surface area contributed by atoms with Crippen molar-refractivity contribution >= 4 is 18.0 Å². The van der Waals surface area contributed by atoms with Crippen LogP contribution < -0.4 is 0 Å². The average molecular weight is 196 g/mol. The Balaban J connectivity index is 2.10. The first-order valence-electron chi connectivity index (χ1n) is 4.47. The quantitative estimate of drug-likeness (QED) is 0.695. The number of hydrogen-bond donors (Lipinski definition) is 0. The number of aldehydes is 1. The number of furan rings is 1. The maximum absolute atomic E-state index is 11.0. The number of rotatable bonds is 3. The zero-order valence-electron chi connectivity index (χ0n) is 7.36. The predicted molar refractivity (Wildman–Crippen MR) is 52.9 cm³/mol. The average Bonchev–Trinajstić information content (AvgIpc) is 2.77. The number of hydrogen-bond acceptors (Lipinski definition) is 3. The van der Waals surface area contributed by atoms with Gasteiger partial charge in [-0.15, -0.1) is 11.8 Å². The third-order valence-corrected chi connectivity index (χ3v) is 3.91. The third kappa shape index (κ3) is 1.80. The lowest BCUT2D eigenvalue weighted by Crippen LogP contribution is -2.25. The third-order valence-electron chi connectivity index (χ3n) is 2.40. The summed E-state index contributed by atoms with van der Waals surface area (Å²) < 4.78 is 5.05. The van der Waals surface area contributed by atoms with Gasteiger partial charge >= 0.3 is 0 Å². The van der Waals surface area contributed by atoms with Gasteiger partial charge in [-0.05, 0) is 30.7 Å². The molecule has 2 heterocycles. The van der Waals surface area contributed by atoms with Crippen LogP contribution in [-0.4, -0.2) is 16.8 Å². The van der Waals surface area contributed by atoms with Crippen LogP contribution in [0, 0.1) is 0 Å². The minimum atomic E-state index is -0.197. The molecule has 0 bridgehead atoms. The smallest absolute Gasteiger partial charge is 0.136 e. The summed E-state index contributed by atoms with van der Waals surface area (Å²) in [4.78, 5) is 11.0. The summed E-state index contributed by atoms with van der Waals surface area (Å²) in [6.45, 7) is 0. The highest BCUT2D eigenvalue weighted by Gasteiger charge is 2.35. The second-order valence-electron chi connectivity index (χ2n) is 3.39. The molecule has 0 aliphatic carbocycles. The summed E-state index contributed by atoms with van der Waals surface area (Å²) in [5.74, 6) is 2.01. The van der Waals surface area contributed by atoms with Gasteiger partial charge in [-0.3, -0.25) is 0 Å². The van der Waals surface area contributed by atoms with E-state index in [9.17, 15) is 4.79 Å². The molecule has 2 nitrogen and oxygen atoms in total. The monoisotopic (exact) mass is 196 g/mol. The molecule has 1 aromatic heterocycles. The SMILES string of the molecule is O=CC1(Cc2ccco2)CCCS1. The van der Waals surface area contributed by atoms with Crippen LogP contribution in [0.25, 0.3) is 0 Å². The molecule has 1 saturated heterocycles. The van der Waals surface area contributed by atoms with E-state index >= 15 is 0 Å². The highest BCUT2D eigenvalue weighted by atomic mass is 32.2. The Morgan fingerprint density at radius 3 is 3.15 bits per heavy atom. The predicted octanol–water partition coefficient (Wildman–Crippen LogP) is 2.29. The molecular formula is C10H12O2S. The van der Waals surface area contributed by atoms with Crippen molar-refractivity contribution in [2.24, 2.45) is 0 Å². The summed E-state index contributed by atoms with van der Waals surface area (Å²) >= 11 is 1.76. The van der Waals surface area contributed by atoms with Crippen molar-refractivity contribution in [1.29, 1.82) is 0 Å². The molecule has 0 saturated carbocycles. The van der Waals surface area contributed by atoms with Crippen molar-refractivity contribution in [3.05, 3.63) is 24.2 Å². The van der Waals surface area contributed by atoms with Gasteiger partial charge in [0.15, 0.2) is 0 Å². The molecule has 1 fully saturated rings. The zero-order chi connectivity index (χ0) is 9.15. The number of thioether (sulfide) groups is 1. The maximum atomic E-state index is 11.0. The summed E-state index contributed by atoms with van der Waals surface area (Å²) in [5, 5.41) is 0. The van der Waals surface area contributed by atoms with E-state index in [-0.39, 0.29) is 4.75 Å². The molecule has 1 aliphatic rings. The van der Waals surface area contributed by atoms with Gasteiger partial charge in [-0.25, -0.2) is 0 Å². The lowest BCUT2D eigenvalue weighted by atomic mass is 9.99. The fourth-order valence-electron chi connectivity index (χ4n) is 1.70. The molecule has 3 heteroatoms. The van der Waals surface area contributed by atoms with Crippen molar-refractivity contribution in [3.63, 3.8) is 0 Å². The summed E-state index contributed by atoms with van der Waals surface area (Å²) in [5.41, 5.74) is 0. The van der Waals surface area contributed by atoms with Crippen LogP contribution in [0.5, 0.6) is 0 Å². The molecule has 0 radical (unpaired) electrons. The van der Waals surface area contributed by atoms with Crippen molar-refractivity contribution in [3.8, 4) is 0 Å². The minimum absolute atomic E-state index is 0.197. The zero-order valence-corrected chi connectivity index (χ0v) is 8.18. The molecule has 1 atom stereocenters. The van der Waals surface area contributed by atoms with E-state index in [2.05, 4.69) is 0 Å². The Morgan fingerprint density at radius 2 is 2.62 bits per heavy atom. The van der Waals surface area contributed by atoms with Crippen LogP contribution >= 0.6 is 11.8 Å². The summed E-state index contributed by atoms with van der Waals surface area (Å²) in [6.07, 6.45) is 5.63. The normalized spacial score (nSPS) is 27.7. The van der Waals surface area contributed by atoms with Crippen molar-refractivity contribution < 1.29 is 9.21 Å². The van der Waals surface area contributed by atoms with E-state index in [4.69, 9.17) is 4.42 Å². The number of carbonyl (C=O) groups excluding carboxylic acids is 1. The second-order valence-corrected chi connectivity index (χ2v) is 4.90. The Labute approximate surface area is 81.7 Å². The minimum Gasteiger partial charge on any atom is -0.469 e. The van der Waals surface area contributed by atoms with E-state index in [0.717, 1.165) is 37.1 Å². The van der Waals surface area contributed by atoms with Crippen molar-refractivity contribution in [2.45, 2.75) is 24.0 Å². The molecule has 2 rings (SSSR count). The molecule has 1 unspecified atom stereocenters. The van der Waals surface area contributed by atoms with Crippen molar-refractivity contribution in [1.82, 2.24) is 0 Å². The fourth-order valence-corrected chi connectivity index (χ4v) is 3.00. The first-order valence-corrected chi connectivity index (χ1v) is 5.46. The first-order chi connectivity index (χ1) is 6.35. The van der Waals surface area contributed by atoms with Gasteiger partial charge in [-0.2, -0.15) is 0 Å².